The van der Waals surface area contributed by atoms with Crippen LogP contribution in [-0.4, -0.2) is 11.2 Å². The zero-order valence-corrected chi connectivity index (χ0v) is 10.1. The van der Waals surface area contributed by atoms with Gasteiger partial charge < -0.3 is 5.11 Å². The quantitative estimate of drug-likeness (QED) is 0.690. The van der Waals surface area contributed by atoms with Gasteiger partial charge in [-0.15, -0.1) is 6.58 Å². The third-order valence-corrected chi connectivity index (χ3v) is 5.17. The molecule has 0 radical (unpaired) electrons. The molecule has 0 aliphatic heterocycles. The van der Waals surface area contributed by atoms with Gasteiger partial charge in [0.25, 0.3) is 0 Å². The van der Waals surface area contributed by atoms with Crippen molar-refractivity contribution in [2.45, 2.75) is 52.1 Å². The van der Waals surface area contributed by atoms with E-state index >= 15 is 0 Å². The topological polar surface area (TPSA) is 20.2 Å². The maximum Gasteiger partial charge on any atom is 0.0573 e. The van der Waals surface area contributed by atoms with Crippen LogP contribution in [0.1, 0.15) is 46.0 Å². The Morgan fingerprint density at radius 1 is 1.40 bits per heavy atom. The molecule has 0 aromatic rings. The molecule has 2 saturated carbocycles. The zero-order chi connectivity index (χ0) is 11.1. The first-order valence-electron chi connectivity index (χ1n) is 6.40. The number of aliphatic hydroxyl groups excluding tert-OH is 1. The van der Waals surface area contributed by atoms with E-state index in [1.54, 1.807) is 0 Å². The third kappa shape index (κ3) is 1.65. The van der Waals surface area contributed by atoms with Gasteiger partial charge in [0.05, 0.1) is 6.10 Å². The van der Waals surface area contributed by atoms with Crippen LogP contribution in [-0.2, 0) is 0 Å². The Hall–Kier alpha value is -0.300. The van der Waals surface area contributed by atoms with E-state index in [-0.39, 0.29) is 6.10 Å². The molecular formula is C14H24O. The molecule has 0 heterocycles. The highest BCUT2D eigenvalue weighted by Gasteiger charge is 2.51. The Kier molecular flexibility index (Phi) is 2.94. The average Bonchev–Trinajstić information content (AvgIpc) is 2.56. The average molecular weight is 208 g/mol. The van der Waals surface area contributed by atoms with Crippen molar-refractivity contribution in [2.24, 2.45) is 23.2 Å². The fourth-order valence-electron chi connectivity index (χ4n) is 4.22. The Morgan fingerprint density at radius 3 is 2.80 bits per heavy atom. The van der Waals surface area contributed by atoms with E-state index in [1.807, 2.05) is 0 Å². The van der Waals surface area contributed by atoms with Crippen molar-refractivity contribution >= 4 is 0 Å². The smallest absolute Gasteiger partial charge is 0.0573 e. The van der Waals surface area contributed by atoms with Gasteiger partial charge in [-0.25, -0.2) is 0 Å². The second kappa shape index (κ2) is 3.93. The van der Waals surface area contributed by atoms with E-state index in [1.165, 1.54) is 25.7 Å². The van der Waals surface area contributed by atoms with Crippen LogP contribution in [0.5, 0.6) is 0 Å². The molecule has 2 rings (SSSR count). The van der Waals surface area contributed by atoms with E-state index in [4.69, 9.17) is 0 Å². The lowest BCUT2D eigenvalue weighted by Gasteiger charge is -2.44. The van der Waals surface area contributed by atoms with E-state index in [2.05, 4.69) is 26.5 Å². The number of allylic oxidation sites excluding steroid dienone is 1. The van der Waals surface area contributed by atoms with Gasteiger partial charge >= 0.3 is 0 Å². The number of aliphatic hydroxyl groups is 1. The molecule has 0 spiro atoms. The van der Waals surface area contributed by atoms with Crippen molar-refractivity contribution < 1.29 is 5.11 Å². The summed E-state index contributed by atoms with van der Waals surface area (Å²) in [5, 5.41) is 10.1. The van der Waals surface area contributed by atoms with Crippen LogP contribution in [0.4, 0.5) is 0 Å². The minimum absolute atomic E-state index is 0.0363. The highest BCUT2D eigenvalue weighted by molar-refractivity contribution is 5.03. The highest BCUT2D eigenvalue weighted by Crippen LogP contribution is 2.57. The van der Waals surface area contributed by atoms with Gasteiger partial charge in [-0.2, -0.15) is 0 Å². The Morgan fingerprint density at radius 2 is 2.13 bits per heavy atom. The maximum atomic E-state index is 10.1. The fourth-order valence-corrected chi connectivity index (χ4v) is 4.22. The van der Waals surface area contributed by atoms with Crippen LogP contribution in [0.15, 0.2) is 12.7 Å². The summed E-state index contributed by atoms with van der Waals surface area (Å²) in [5.74, 6) is 1.90. The molecular weight excluding hydrogens is 184 g/mol. The monoisotopic (exact) mass is 208 g/mol. The highest BCUT2D eigenvalue weighted by atomic mass is 16.3. The molecule has 86 valence electrons. The molecule has 0 amide bonds. The predicted molar refractivity (Wildman–Crippen MR) is 63.5 cm³/mol. The normalized spacial score (nSPS) is 47.3. The first kappa shape index (κ1) is 11.2. The SMILES string of the molecule is C=CC(C)C1CCC2[C@@H](O)CCC[C@]12C. The standard InChI is InChI=1S/C14H24O/c1-4-10(2)11-7-8-12-13(15)6-5-9-14(11,12)3/h4,10-13,15H,1,5-9H2,2-3H3/t10?,11?,12?,13-,14+/m0/s1. The fraction of sp³-hybridized carbons (Fsp3) is 0.857. The van der Waals surface area contributed by atoms with Crippen LogP contribution < -0.4 is 0 Å². The van der Waals surface area contributed by atoms with Crippen LogP contribution in [0, 0.1) is 23.2 Å². The minimum Gasteiger partial charge on any atom is -0.393 e. The summed E-state index contributed by atoms with van der Waals surface area (Å²) in [6.45, 7) is 8.61. The molecule has 0 saturated heterocycles. The number of fused-ring (bicyclic) bond motifs is 1. The Bertz CT molecular complexity index is 248. The molecule has 5 atom stereocenters. The number of rotatable bonds is 2. The summed E-state index contributed by atoms with van der Waals surface area (Å²) in [7, 11) is 0. The number of hydrogen-bond acceptors (Lipinski definition) is 1. The van der Waals surface area contributed by atoms with Gasteiger partial charge in [0, 0.05) is 0 Å². The van der Waals surface area contributed by atoms with Crippen LogP contribution in [0.25, 0.3) is 0 Å². The van der Waals surface area contributed by atoms with E-state index in [0.29, 0.717) is 17.3 Å². The van der Waals surface area contributed by atoms with Crippen LogP contribution >= 0.6 is 0 Å². The summed E-state index contributed by atoms with van der Waals surface area (Å²) in [6, 6.07) is 0. The lowest BCUT2D eigenvalue weighted by Crippen LogP contribution is -2.41. The largest absolute Gasteiger partial charge is 0.393 e. The van der Waals surface area contributed by atoms with Crippen LogP contribution in [0.2, 0.25) is 0 Å². The predicted octanol–water partition coefficient (Wildman–Crippen LogP) is 3.39. The minimum atomic E-state index is -0.0363. The van der Waals surface area contributed by atoms with Gasteiger partial charge in [-0.05, 0) is 48.9 Å². The molecule has 1 nitrogen and oxygen atoms in total. The lowest BCUT2D eigenvalue weighted by atomic mass is 9.62. The molecule has 2 aliphatic carbocycles. The van der Waals surface area contributed by atoms with Crippen molar-refractivity contribution in [1.29, 1.82) is 0 Å². The summed E-state index contributed by atoms with van der Waals surface area (Å²) in [6.07, 6.45) is 8.10. The van der Waals surface area contributed by atoms with Gasteiger partial charge in [-0.1, -0.05) is 26.3 Å². The van der Waals surface area contributed by atoms with Crippen molar-refractivity contribution in [2.75, 3.05) is 0 Å². The molecule has 1 N–H and O–H groups in total. The van der Waals surface area contributed by atoms with E-state index < -0.39 is 0 Å². The first-order chi connectivity index (χ1) is 7.09. The molecule has 1 heteroatoms. The van der Waals surface area contributed by atoms with Crippen LogP contribution in [0.3, 0.4) is 0 Å². The summed E-state index contributed by atoms with van der Waals surface area (Å²) < 4.78 is 0. The second-order valence-corrected chi connectivity index (χ2v) is 5.85. The van der Waals surface area contributed by atoms with Crippen molar-refractivity contribution in [1.82, 2.24) is 0 Å². The molecule has 0 bridgehead atoms. The van der Waals surface area contributed by atoms with E-state index in [0.717, 1.165) is 12.3 Å². The Balaban J connectivity index is 2.20. The number of hydrogen-bond donors (Lipinski definition) is 1. The van der Waals surface area contributed by atoms with Gasteiger partial charge in [0.15, 0.2) is 0 Å². The van der Waals surface area contributed by atoms with Crippen molar-refractivity contribution in [3.63, 3.8) is 0 Å². The Labute approximate surface area is 93.6 Å². The van der Waals surface area contributed by atoms with Gasteiger partial charge in [0.2, 0.25) is 0 Å². The molecule has 0 aromatic carbocycles. The lowest BCUT2D eigenvalue weighted by molar-refractivity contribution is -0.0231. The summed E-state index contributed by atoms with van der Waals surface area (Å²) >= 11 is 0. The third-order valence-electron chi connectivity index (χ3n) is 5.17. The maximum absolute atomic E-state index is 10.1. The molecule has 15 heavy (non-hydrogen) atoms. The second-order valence-electron chi connectivity index (χ2n) is 5.85. The summed E-state index contributed by atoms with van der Waals surface area (Å²) in [5.41, 5.74) is 0.380. The summed E-state index contributed by atoms with van der Waals surface area (Å²) in [4.78, 5) is 0. The molecule has 2 aliphatic rings. The van der Waals surface area contributed by atoms with Gasteiger partial charge in [0.1, 0.15) is 0 Å². The zero-order valence-electron chi connectivity index (χ0n) is 10.1. The van der Waals surface area contributed by atoms with Crippen molar-refractivity contribution in [3.05, 3.63) is 12.7 Å². The van der Waals surface area contributed by atoms with E-state index in [9.17, 15) is 5.11 Å². The molecule has 0 aromatic heterocycles. The molecule has 3 unspecified atom stereocenters. The van der Waals surface area contributed by atoms with Crippen molar-refractivity contribution in [3.8, 4) is 0 Å². The van der Waals surface area contributed by atoms with Gasteiger partial charge in [-0.3, -0.25) is 0 Å². The first-order valence-corrected chi connectivity index (χ1v) is 6.40. The molecule has 2 fully saturated rings.